The maximum absolute atomic E-state index is 11.0. The SMILES string of the molecule is C#CCNCC=C(CC)C(=O)OC. The summed E-state index contributed by atoms with van der Waals surface area (Å²) >= 11 is 0. The summed E-state index contributed by atoms with van der Waals surface area (Å²) in [4.78, 5) is 11.0. The van der Waals surface area contributed by atoms with Crippen LogP contribution >= 0.6 is 0 Å². The number of rotatable bonds is 5. The van der Waals surface area contributed by atoms with Crippen molar-refractivity contribution in [3.63, 3.8) is 0 Å². The Morgan fingerprint density at radius 2 is 2.38 bits per heavy atom. The normalized spacial score (nSPS) is 10.7. The van der Waals surface area contributed by atoms with E-state index in [9.17, 15) is 4.79 Å². The zero-order chi connectivity index (χ0) is 10.1. The van der Waals surface area contributed by atoms with Crippen molar-refractivity contribution in [2.75, 3.05) is 20.2 Å². The second kappa shape index (κ2) is 7.38. The topological polar surface area (TPSA) is 38.3 Å². The number of hydrogen-bond donors (Lipinski definition) is 1. The van der Waals surface area contributed by atoms with Gasteiger partial charge in [0.1, 0.15) is 0 Å². The fourth-order valence-corrected chi connectivity index (χ4v) is 0.843. The Morgan fingerprint density at radius 3 is 2.85 bits per heavy atom. The second-order valence-electron chi connectivity index (χ2n) is 2.41. The van der Waals surface area contributed by atoms with Gasteiger partial charge < -0.3 is 10.1 Å². The Kier molecular flexibility index (Phi) is 6.66. The lowest BCUT2D eigenvalue weighted by atomic mass is 10.2. The van der Waals surface area contributed by atoms with Gasteiger partial charge in [-0.1, -0.05) is 18.9 Å². The molecule has 0 atom stereocenters. The predicted molar refractivity (Wildman–Crippen MR) is 52.1 cm³/mol. The number of esters is 1. The molecule has 0 spiro atoms. The highest BCUT2D eigenvalue weighted by molar-refractivity contribution is 5.88. The van der Waals surface area contributed by atoms with Gasteiger partial charge in [-0.2, -0.15) is 0 Å². The first-order valence-electron chi connectivity index (χ1n) is 4.17. The largest absolute Gasteiger partial charge is 0.466 e. The van der Waals surface area contributed by atoms with E-state index in [1.54, 1.807) is 6.08 Å². The summed E-state index contributed by atoms with van der Waals surface area (Å²) in [6.07, 6.45) is 7.50. The van der Waals surface area contributed by atoms with E-state index in [4.69, 9.17) is 6.42 Å². The van der Waals surface area contributed by atoms with E-state index in [-0.39, 0.29) is 5.97 Å². The fraction of sp³-hybridized carbons (Fsp3) is 0.500. The maximum atomic E-state index is 11.0. The number of ether oxygens (including phenoxy) is 1. The summed E-state index contributed by atoms with van der Waals surface area (Å²) in [5.74, 6) is 2.17. The summed E-state index contributed by atoms with van der Waals surface area (Å²) in [6.45, 7) is 3.01. The lowest BCUT2D eigenvalue weighted by molar-refractivity contribution is -0.136. The molecule has 0 rings (SSSR count). The second-order valence-corrected chi connectivity index (χ2v) is 2.41. The van der Waals surface area contributed by atoms with Crippen LogP contribution in [0.1, 0.15) is 13.3 Å². The highest BCUT2D eigenvalue weighted by Gasteiger charge is 2.04. The zero-order valence-corrected chi connectivity index (χ0v) is 8.09. The highest BCUT2D eigenvalue weighted by atomic mass is 16.5. The Balaban J connectivity index is 3.94. The van der Waals surface area contributed by atoms with Crippen LogP contribution in [-0.4, -0.2) is 26.2 Å². The lowest BCUT2D eigenvalue weighted by Crippen LogP contribution is -2.15. The van der Waals surface area contributed by atoms with Crippen LogP contribution in [0.3, 0.4) is 0 Å². The van der Waals surface area contributed by atoms with Gasteiger partial charge in [-0.15, -0.1) is 6.42 Å². The van der Waals surface area contributed by atoms with Crippen molar-refractivity contribution in [3.8, 4) is 12.3 Å². The Labute approximate surface area is 79.2 Å². The van der Waals surface area contributed by atoms with Gasteiger partial charge in [0.05, 0.1) is 13.7 Å². The molecule has 0 aromatic carbocycles. The molecule has 1 N–H and O–H groups in total. The molecule has 0 saturated heterocycles. The van der Waals surface area contributed by atoms with Gasteiger partial charge >= 0.3 is 5.97 Å². The van der Waals surface area contributed by atoms with Crippen molar-refractivity contribution in [1.29, 1.82) is 0 Å². The molecule has 0 bridgehead atoms. The monoisotopic (exact) mass is 181 g/mol. The fourth-order valence-electron chi connectivity index (χ4n) is 0.843. The van der Waals surface area contributed by atoms with E-state index in [1.165, 1.54) is 7.11 Å². The molecule has 0 radical (unpaired) electrons. The number of carbonyl (C=O) groups is 1. The number of carbonyl (C=O) groups excluding carboxylic acids is 1. The molecule has 0 fully saturated rings. The molecule has 0 aromatic rings. The minimum atomic E-state index is -0.273. The predicted octanol–water partition coefficient (Wildman–Crippen LogP) is 0.719. The van der Waals surface area contributed by atoms with Crippen LogP contribution in [0.15, 0.2) is 11.6 Å². The van der Waals surface area contributed by atoms with Gasteiger partial charge in [-0.05, 0) is 6.42 Å². The molecule has 0 aliphatic carbocycles. The van der Waals surface area contributed by atoms with Gasteiger partial charge in [-0.3, -0.25) is 0 Å². The Morgan fingerprint density at radius 1 is 1.69 bits per heavy atom. The van der Waals surface area contributed by atoms with Crippen molar-refractivity contribution in [2.24, 2.45) is 0 Å². The van der Waals surface area contributed by atoms with E-state index < -0.39 is 0 Å². The van der Waals surface area contributed by atoms with Gasteiger partial charge in [0.15, 0.2) is 0 Å². The molecular weight excluding hydrogens is 166 g/mol. The smallest absolute Gasteiger partial charge is 0.333 e. The summed E-state index contributed by atoms with van der Waals surface area (Å²) in [6, 6.07) is 0. The minimum Gasteiger partial charge on any atom is -0.466 e. The molecule has 0 aliphatic heterocycles. The Bertz CT molecular complexity index is 226. The summed E-state index contributed by atoms with van der Waals surface area (Å²) in [5.41, 5.74) is 0.673. The average Bonchev–Trinajstić information content (AvgIpc) is 2.17. The van der Waals surface area contributed by atoms with Crippen molar-refractivity contribution in [3.05, 3.63) is 11.6 Å². The third-order valence-electron chi connectivity index (χ3n) is 1.55. The average molecular weight is 181 g/mol. The van der Waals surface area contributed by atoms with Crippen LogP contribution in [0.5, 0.6) is 0 Å². The molecule has 0 saturated carbocycles. The molecule has 0 aliphatic rings. The quantitative estimate of drug-likeness (QED) is 0.294. The third-order valence-corrected chi connectivity index (χ3v) is 1.55. The highest BCUT2D eigenvalue weighted by Crippen LogP contribution is 2.01. The summed E-state index contributed by atoms with van der Waals surface area (Å²) in [5, 5.41) is 2.96. The van der Waals surface area contributed by atoms with Crippen LogP contribution in [0.2, 0.25) is 0 Å². The van der Waals surface area contributed by atoms with Crippen LogP contribution in [-0.2, 0) is 9.53 Å². The van der Waals surface area contributed by atoms with Crippen molar-refractivity contribution >= 4 is 5.97 Å². The number of methoxy groups -OCH3 is 1. The van der Waals surface area contributed by atoms with Gasteiger partial charge in [0, 0.05) is 12.1 Å². The first-order valence-corrected chi connectivity index (χ1v) is 4.17. The van der Waals surface area contributed by atoms with E-state index in [0.717, 1.165) is 0 Å². The summed E-state index contributed by atoms with van der Waals surface area (Å²) < 4.78 is 4.58. The molecule has 0 aromatic heterocycles. The van der Waals surface area contributed by atoms with Crippen molar-refractivity contribution < 1.29 is 9.53 Å². The molecule has 13 heavy (non-hydrogen) atoms. The van der Waals surface area contributed by atoms with E-state index in [0.29, 0.717) is 25.1 Å². The molecule has 0 unspecified atom stereocenters. The number of hydrogen-bond acceptors (Lipinski definition) is 3. The minimum absolute atomic E-state index is 0.273. The zero-order valence-electron chi connectivity index (χ0n) is 8.09. The first kappa shape index (κ1) is 11.7. The van der Waals surface area contributed by atoms with Crippen molar-refractivity contribution in [1.82, 2.24) is 5.32 Å². The van der Waals surface area contributed by atoms with E-state index >= 15 is 0 Å². The first-order chi connectivity index (χ1) is 6.26. The molecule has 3 heteroatoms. The number of nitrogens with one attached hydrogen (secondary N) is 1. The standard InChI is InChI=1S/C10H15NO2/c1-4-7-11-8-6-9(5-2)10(12)13-3/h1,6,11H,5,7-8H2,2-3H3. The van der Waals surface area contributed by atoms with Crippen LogP contribution < -0.4 is 5.32 Å². The van der Waals surface area contributed by atoms with E-state index in [2.05, 4.69) is 16.0 Å². The van der Waals surface area contributed by atoms with Crippen LogP contribution in [0.4, 0.5) is 0 Å². The van der Waals surface area contributed by atoms with Gasteiger partial charge in [-0.25, -0.2) is 4.79 Å². The lowest BCUT2D eigenvalue weighted by Gasteiger charge is -2.01. The van der Waals surface area contributed by atoms with E-state index in [1.807, 2.05) is 6.92 Å². The molecular formula is C10H15NO2. The molecule has 72 valence electrons. The maximum Gasteiger partial charge on any atom is 0.333 e. The molecule has 0 heterocycles. The van der Waals surface area contributed by atoms with Gasteiger partial charge in [0.2, 0.25) is 0 Å². The third kappa shape index (κ3) is 5.05. The number of terminal acetylenes is 1. The molecule has 3 nitrogen and oxygen atoms in total. The summed E-state index contributed by atoms with van der Waals surface area (Å²) in [7, 11) is 1.38. The van der Waals surface area contributed by atoms with Crippen LogP contribution in [0, 0.1) is 12.3 Å². The molecule has 0 amide bonds. The Hall–Kier alpha value is -1.27. The van der Waals surface area contributed by atoms with Gasteiger partial charge in [0.25, 0.3) is 0 Å². The van der Waals surface area contributed by atoms with Crippen molar-refractivity contribution in [2.45, 2.75) is 13.3 Å². The van der Waals surface area contributed by atoms with Crippen LogP contribution in [0.25, 0.3) is 0 Å².